The second kappa shape index (κ2) is 9.65. The van der Waals surface area contributed by atoms with E-state index in [9.17, 15) is 4.39 Å². The monoisotopic (exact) mass is 449 g/mol. The highest BCUT2D eigenvalue weighted by atomic mass is 79.9. The van der Waals surface area contributed by atoms with Gasteiger partial charge in [0.25, 0.3) is 0 Å². The zero-order chi connectivity index (χ0) is 20.7. The summed E-state index contributed by atoms with van der Waals surface area (Å²) >= 11 is 3.48. The molecule has 0 aliphatic rings. The van der Waals surface area contributed by atoms with Crippen molar-refractivity contribution < 1.29 is 24.2 Å². The van der Waals surface area contributed by atoms with Crippen LogP contribution in [-0.4, -0.2) is 31.7 Å². The average molecular weight is 450 g/mol. The first kappa shape index (κ1) is 21.1. The van der Waals surface area contributed by atoms with Crippen LogP contribution in [-0.2, 0) is 23.2 Å². The van der Waals surface area contributed by atoms with Gasteiger partial charge in [-0.25, -0.2) is 19.0 Å². The molecule has 0 bridgehead atoms. The van der Waals surface area contributed by atoms with Gasteiger partial charge >= 0.3 is 11.9 Å². The summed E-state index contributed by atoms with van der Waals surface area (Å²) in [7, 11) is 1.97. The number of aromatic nitrogens is 2. The normalized spacial score (nSPS) is 9.96. The standard InChI is InChI=1S/C17H15BrFN3.C2H2O4/c1-22-16(13-3-2-4-14(18)9-13)11-21-17(22)20-10-12-5-7-15(19)8-6-12;3-1(4)2(5)6/h2-9,11H,10H2,1H3,(H,20,21);(H,3,4)(H,5,6). The van der Waals surface area contributed by atoms with E-state index in [1.165, 1.54) is 12.1 Å². The highest BCUT2D eigenvalue weighted by molar-refractivity contribution is 9.10. The number of rotatable bonds is 4. The number of carboxylic acid groups (broad SMARTS) is 2. The van der Waals surface area contributed by atoms with Crippen LogP contribution in [0.2, 0.25) is 0 Å². The van der Waals surface area contributed by atoms with Crippen molar-refractivity contribution in [3.8, 4) is 11.3 Å². The van der Waals surface area contributed by atoms with Gasteiger partial charge in [0, 0.05) is 23.6 Å². The summed E-state index contributed by atoms with van der Waals surface area (Å²) in [5, 5.41) is 18.1. The van der Waals surface area contributed by atoms with E-state index in [4.69, 9.17) is 19.8 Å². The molecule has 7 nitrogen and oxygen atoms in total. The minimum atomic E-state index is -1.82. The topological polar surface area (TPSA) is 104 Å². The van der Waals surface area contributed by atoms with Crippen molar-refractivity contribution in [2.24, 2.45) is 7.05 Å². The van der Waals surface area contributed by atoms with Crippen LogP contribution in [0.3, 0.4) is 0 Å². The summed E-state index contributed by atoms with van der Waals surface area (Å²) in [6, 6.07) is 14.5. The largest absolute Gasteiger partial charge is 0.473 e. The molecule has 3 aromatic rings. The minimum absolute atomic E-state index is 0.224. The SMILES string of the molecule is Cn1c(-c2cccc(Br)c2)cnc1NCc1ccc(F)cc1.O=C(O)C(=O)O. The molecule has 0 aliphatic carbocycles. The minimum Gasteiger partial charge on any atom is -0.473 e. The maximum atomic E-state index is 12.9. The molecule has 0 unspecified atom stereocenters. The van der Waals surface area contributed by atoms with Crippen LogP contribution in [0, 0.1) is 5.82 Å². The molecular weight excluding hydrogens is 433 g/mol. The Labute approximate surface area is 168 Å². The molecule has 0 aliphatic heterocycles. The molecule has 1 aromatic heterocycles. The molecule has 0 saturated carbocycles. The molecule has 0 fully saturated rings. The van der Waals surface area contributed by atoms with E-state index < -0.39 is 11.9 Å². The lowest BCUT2D eigenvalue weighted by Crippen LogP contribution is -2.09. The Balaban J connectivity index is 0.000000409. The van der Waals surface area contributed by atoms with E-state index in [2.05, 4.69) is 32.3 Å². The first-order valence-electron chi connectivity index (χ1n) is 8.00. The van der Waals surface area contributed by atoms with Gasteiger partial charge in [-0.3, -0.25) is 0 Å². The van der Waals surface area contributed by atoms with Gasteiger partial charge in [0.15, 0.2) is 0 Å². The fourth-order valence-corrected chi connectivity index (χ4v) is 2.67. The fourth-order valence-electron chi connectivity index (χ4n) is 2.27. The average Bonchev–Trinajstić information content (AvgIpc) is 3.02. The van der Waals surface area contributed by atoms with E-state index in [0.717, 1.165) is 27.2 Å². The Morgan fingerprint density at radius 3 is 2.36 bits per heavy atom. The molecule has 0 amide bonds. The predicted molar refractivity (Wildman–Crippen MR) is 105 cm³/mol. The number of hydrogen-bond donors (Lipinski definition) is 3. The Hall–Kier alpha value is -3.20. The number of hydrogen-bond acceptors (Lipinski definition) is 4. The number of nitrogens with one attached hydrogen (secondary N) is 1. The van der Waals surface area contributed by atoms with Gasteiger partial charge in [0.05, 0.1) is 11.9 Å². The highest BCUT2D eigenvalue weighted by Gasteiger charge is 2.08. The van der Waals surface area contributed by atoms with Gasteiger partial charge in [0.1, 0.15) is 5.82 Å². The molecule has 9 heteroatoms. The predicted octanol–water partition coefficient (Wildman–Crippen LogP) is 3.76. The van der Waals surface area contributed by atoms with Crippen LogP contribution in [0.1, 0.15) is 5.56 Å². The summed E-state index contributed by atoms with van der Waals surface area (Å²) in [5.74, 6) is -3.10. The van der Waals surface area contributed by atoms with Crippen LogP contribution >= 0.6 is 15.9 Å². The molecule has 0 radical (unpaired) electrons. The number of halogens is 2. The van der Waals surface area contributed by atoms with Gasteiger partial charge in [0.2, 0.25) is 5.95 Å². The molecule has 3 N–H and O–H groups in total. The zero-order valence-corrected chi connectivity index (χ0v) is 16.4. The third-order valence-electron chi connectivity index (χ3n) is 3.66. The van der Waals surface area contributed by atoms with Gasteiger partial charge in [-0.15, -0.1) is 0 Å². The second-order valence-corrected chi connectivity index (χ2v) is 6.54. The molecular formula is C19H17BrFN3O4. The third kappa shape index (κ3) is 5.92. The first-order chi connectivity index (χ1) is 13.3. The number of carbonyl (C=O) groups is 2. The van der Waals surface area contributed by atoms with Crippen LogP contribution in [0.25, 0.3) is 11.3 Å². The Kier molecular flexibility index (Phi) is 7.28. The van der Waals surface area contributed by atoms with Crippen molar-refractivity contribution in [1.82, 2.24) is 9.55 Å². The van der Waals surface area contributed by atoms with Crippen molar-refractivity contribution in [1.29, 1.82) is 0 Å². The van der Waals surface area contributed by atoms with Crippen molar-refractivity contribution >= 4 is 33.8 Å². The van der Waals surface area contributed by atoms with Crippen molar-refractivity contribution in [2.75, 3.05) is 5.32 Å². The lowest BCUT2D eigenvalue weighted by Gasteiger charge is -2.09. The van der Waals surface area contributed by atoms with Crippen molar-refractivity contribution in [3.63, 3.8) is 0 Å². The fraction of sp³-hybridized carbons (Fsp3) is 0.105. The van der Waals surface area contributed by atoms with Gasteiger partial charge in [-0.1, -0.05) is 40.2 Å². The van der Waals surface area contributed by atoms with Gasteiger partial charge in [-0.05, 0) is 29.8 Å². The van der Waals surface area contributed by atoms with E-state index in [-0.39, 0.29) is 5.82 Å². The Morgan fingerprint density at radius 1 is 1.14 bits per heavy atom. The number of imidazole rings is 1. The number of aliphatic carboxylic acids is 2. The lowest BCUT2D eigenvalue weighted by atomic mass is 10.2. The number of benzene rings is 2. The summed E-state index contributed by atoms with van der Waals surface area (Å²) < 4.78 is 15.9. The van der Waals surface area contributed by atoms with Gasteiger partial charge in [-0.2, -0.15) is 0 Å². The maximum Gasteiger partial charge on any atom is 0.414 e. The van der Waals surface area contributed by atoms with Crippen LogP contribution in [0.5, 0.6) is 0 Å². The number of carboxylic acids is 2. The molecule has 3 rings (SSSR count). The molecule has 0 spiro atoms. The molecule has 28 heavy (non-hydrogen) atoms. The van der Waals surface area contributed by atoms with E-state index in [1.54, 1.807) is 12.1 Å². The molecule has 0 saturated heterocycles. The van der Waals surface area contributed by atoms with Crippen LogP contribution < -0.4 is 5.32 Å². The number of nitrogens with zero attached hydrogens (tertiary/aromatic N) is 2. The summed E-state index contributed by atoms with van der Waals surface area (Å²) in [6.07, 6.45) is 1.84. The first-order valence-corrected chi connectivity index (χ1v) is 8.79. The second-order valence-electron chi connectivity index (χ2n) is 5.63. The summed E-state index contributed by atoms with van der Waals surface area (Å²) in [5.41, 5.74) is 3.13. The van der Waals surface area contributed by atoms with E-state index in [0.29, 0.717) is 6.54 Å². The smallest absolute Gasteiger partial charge is 0.414 e. The van der Waals surface area contributed by atoms with Crippen molar-refractivity contribution in [2.45, 2.75) is 6.54 Å². The molecule has 1 heterocycles. The van der Waals surface area contributed by atoms with Crippen molar-refractivity contribution in [3.05, 3.63) is 70.6 Å². The summed E-state index contributed by atoms with van der Waals surface area (Å²) in [6.45, 7) is 0.600. The lowest BCUT2D eigenvalue weighted by molar-refractivity contribution is -0.159. The quantitative estimate of drug-likeness (QED) is 0.523. The molecule has 0 atom stereocenters. The van der Waals surface area contributed by atoms with E-state index in [1.807, 2.05) is 36.0 Å². The Bertz CT molecular complexity index is 962. The Morgan fingerprint density at radius 2 is 1.79 bits per heavy atom. The number of anilines is 1. The molecule has 2 aromatic carbocycles. The van der Waals surface area contributed by atoms with Crippen LogP contribution in [0.15, 0.2) is 59.2 Å². The van der Waals surface area contributed by atoms with Gasteiger partial charge < -0.3 is 20.1 Å². The maximum absolute atomic E-state index is 12.9. The summed E-state index contributed by atoms with van der Waals surface area (Å²) in [4.78, 5) is 22.6. The zero-order valence-electron chi connectivity index (χ0n) is 14.8. The van der Waals surface area contributed by atoms with Crippen LogP contribution in [0.4, 0.5) is 10.3 Å². The molecule has 146 valence electrons. The van der Waals surface area contributed by atoms with E-state index >= 15 is 0 Å². The highest BCUT2D eigenvalue weighted by Crippen LogP contribution is 2.24. The third-order valence-corrected chi connectivity index (χ3v) is 4.15.